The van der Waals surface area contributed by atoms with Crippen LogP contribution in [0.25, 0.3) is 0 Å². The Bertz CT molecular complexity index is 491. The lowest BCUT2D eigenvalue weighted by Gasteiger charge is -2.32. The largest absolute Gasteiger partial charge is 0.377 e. The third-order valence-electron chi connectivity index (χ3n) is 3.74. The number of likely N-dealkylation sites (tertiary alicyclic amines) is 1. The van der Waals surface area contributed by atoms with Gasteiger partial charge in [0.2, 0.25) is 5.91 Å². The van der Waals surface area contributed by atoms with Crippen molar-refractivity contribution >= 4 is 5.91 Å². The Kier molecular flexibility index (Phi) is 5.67. The molecule has 0 spiro atoms. The van der Waals surface area contributed by atoms with Crippen molar-refractivity contribution in [3.8, 4) is 0 Å². The van der Waals surface area contributed by atoms with Gasteiger partial charge < -0.3 is 9.64 Å². The minimum atomic E-state index is -0.866. The Morgan fingerprint density at radius 3 is 2.90 bits per heavy atom. The molecular weight excluding hydrogens is 276 g/mol. The first-order chi connectivity index (χ1) is 10.1. The van der Waals surface area contributed by atoms with Crippen molar-refractivity contribution in [2.24, 2.45) is 0 Å². The van der Waals surface area contributed by atoms with Crippen LogP contribution in [-0.2, 0) is 16.0 Å². The highest BCUT2D eigenvalue weighted by atomic mass is 19.2. The maximum absolute atomic E-state index is 13.1. The highest BCUT2D eigenvalue weighted by molar-refractivity contribution is 5.76. The molecule has 5 heteroatoms. The Morgan fingerprint density at radius 1 is 1.38 bits per heavy atom. The van der Waals surface area contributed by atoms with Gasteiger partial charge in [-0.05, 0) is 43.9 Å². The minimum Gasteiger partial charge on any atom is -0.377 e. The number of ether oxygens (including phenoxy) is 1. The van der Waals surface area contributed by atoms with Crippen molar-refractivity contribution in [1.82, 2.24) is 4.90 Å². The number of hydrogen-bond acceptors (Lipinski definition) is 2. The fraction of sp³-hybridized carbons (Fsp3) is 0.562. The third kappa shape index (κ3) is 4.49. The fourth-order valence-corrected chi connectivity index (χ4v) is 2.64. The van der Waals surface area contributed by atoms with Crippen molar-refractivity contribution in [2.45, 2.75) is 38.7 Å². The molecule has 0 bridgehead atoms. The first-order valence-electron chi connectivity index (χ1n) is 7.43. The van der Waals surface area contributed by atoms with Gasteiger partial charge in [-0.3, -0.25) is 4.79 Å². The van der Waals surface area contributed by atoms with E-state index in [-0.39, 0.29) is 12.0 Å². The number of aryl methyl sites for hydroxylation is 1. The number of carbonyl (C=O) groups is 1. The van der Waals surface area contributed by atoms with E-state index in [1.54, 1.807) is 0 Å². The summed E-state index contributed by atoms with van der Waals surface area (Å²) in [5.41, 5.74) is 0.639. The third-order valence-corrected chi connectivity index (χ3v) is 3.74. The molecule has 0 N–H and O–H groups in total. The van der Waals surface area contributed by atoms with Crippen LogP contribution >= 0.6 is 0 Å². The predicted octanol–water partition coefficient (Wildman–Crippen LogP) is 2.92. The molecule has 116 valence electrons. The number of amides is 1. The predicted molar refractivity (Wildman–Crippen MR) is 75.9 cm³/mol. The standard InChI is InChI=1S/C16H21F2NO2/c1-2-21-13-4-3-9-19(11-13)16(20)8-6-12-5-7-14(17)15(18)10-12/h5,7,10,13H,2-4,6,8-9,11H2,1H3. The molecule has 0 radical (unpaired) electrons. The highest BCUT2D eigenvalue weighted by Gasteiger charge is 2.23. The topological polar surface area (TPSA) is 29.5 Å². The van der Waals surface area contributed by atoms with E-state index >= 15 is 0 Å². The summed E-state index contributed by atoms with van der Waals surface area (Å²) in [4.78, 5) is 14.0. The number of rotatable bonds is 5. The summed E-state index contributed by atoms with van der Waals surface area (Å²) in [6, 6.07) is 3.77. The lowest BCUT2D eigenvalue weighted by atomic mass is 10.1. The number of piperidine rings is 1. The van der Waals surface area contributed by atoms with Crippen LogP contribution in [0.1, 0.15) is 31.7 Å². The smallest absolute Gasteiger partial charge is 0.222 e. The van der Waals surface area contributed by atoms with Crippen molar-refractivity contribution in [1.29, 1.82) is 0 Å². The zero-order valence-corrected chi connectivity index (χ0v) is 12.3. The van der Waals surface area contributed by atoms with Crippen molar-refractivity contribution < 1.29 is 18.3 Å². The Hall–Kier alpha value is -1.49. The maximum Gasteiger partial charge on any atom is 0.222 e. The van der Waals surface area contributed by atoms with Crippen LogP contribution in [0, 0.1) is 11.6 Å². The molecule has 0 aliphatic carbocycles. The fourth-order valence-electron chi connectivity index (χ4n) is 2.64. The van der Waals surface area contributed by atoms with Gasteiger partial charge in [0.25, 0.3) is 0 Å². The van der Waals surface area contributed by atoms with E-state index in [1.165, 1.54) is 6.07 Å². The van der Waals surface area contributed by atoms with Gasteiger partial charge in [-0.15, -0.1) is 0 Å². The SMILES string of the molecule is CCOC1CCCN(C(=O)CCc2ccc(F)c(F)c2)C1. The average molecular weight is 297 g/mol. The lowest BCUT2D eigenvalue weighted by molar-refractivity contribution is -0.135. The normalized spacial score (nSPS) is 18.8. The van der Waals surface area contributed by atoms with Crippen LogP contribution in [0.4, 0.5) is 8.78 Å². The van der Waals surface area contributed by atoms with Crippen molar-refractivity contribution in [3.05, 3.63) is 35.4 Å². The molecule has 1 aliphatic heterocycles. The molecule has 1 saturated heterocycles. The van der Waals surface area contributed by atoms with Crippen LogP contribution in [-0.4, -0.2) is 36.6 Å². The highest BCUT2D eigenvalue weighted by Crippen LogP contribution is 2.16. The van der Waals surface area contributed by atoms with Gasteiger partial charge >= 0.3 is 0 Å². The zero-order chi connectivity index (χ0) is 15.2. The van der Waals surface area contributed by atoms with Gasteiger partial charge in [-0.25, -0.2) is 8.78 Å². The molecule has 3 nitrogen and oxygen atoms in total. The number of nitrogens with zero attached hydrogens (tertiary/aromatic N) is 1. The maximum atomic E-state index is 13.1. The zero-order valence-electron chi connectivity index (χ0n) is 12.3. The molecule has 1 fully saturated rings. The number of hydrogen-bond donors (Lipinski definition) is 0. The first-order valence-corrected chi connectivity index (χ1v) is 7.43. The van der Waals surface area contributed by atoms with E-state index in [4.69, 9.17) is 4.74 Å². The van der Waals surface area contributed by atoms with Gasteiger partial charge in [0.05, 0.1) is 6.10 Å². The van der Waals surface area contributed by atoms with E-state index in [1.807, 2.05) is 11.8 Å². The molecular formula is C16H21F2NO2. The molecule has 1 aliphatic rings. The second kappa shape index (κ2) is 7.50. The van der Waals surface area contributed by atoms with Crippen molar-refractivity contribution in [2.75, 3.05) is 19.7 Å². The summed E-state index contributed by atoms with van der Waals surface area (Å²) in [6.45, 7) is 3.98. The number of carbonyl (C=O) groups excluding carboxylic acids is 1. The molecule has 21 heavy (non-hydrogen) atoms. The number of halogens is 2. The molecule has 1 aromatic carbocycles. The van der Waals surface area contributed by atoms with Crippen LogP contribution in [0.2, 0.25) is 0 Å². The molecule has 2 rings (SSSR count). The number of benzene rings is 1. The van der Waals surface area contributed by atoms with Gasteiger partial charge in [-0.2, -0.15) is 0 Å². The minimum absolute atomic E-state index is 0.0455. The van der Waals surface area contributed by atoms with Crippen LogP contribution in [0.15, 0.2) is 18.2 Å². The Labute approximate surface area is 123 Å². The Morgan fingerprint density at radius 2 is 2.19 bits per heavy atom. The summed E-state index contributed by atoms with van der Waals surface area (Å²) >= 11 is 0. The average Bonchev–Trinajstić information content (AvgIpc) is 2.49. The van der Waals surface area contributed by atoms with E-state index in [2.05, 4.69) is 0 Å². The molecule has 0 saturated carbocycles. The van der Waals surface area contributed by atoms with Gasteiger partial charge in [0, 0.05) is 26.1 Å². The van der Waals surface area contributed by atoms with E-state index in [0.717, 1.165) is 31.5 Å². The van der Waals surface area contributed by atoms with Gasteiger partial charge in [-0.1, -0.05) is 6.07 Å². The van der Waals surface area contributed by atoms with Crippen LogP contribution in [0.3, 0.4) is 0 Å². The second-order valence-corrected chi connectivity index (χ2v) is 5.31. The van der Waals surface area contributed by atoms with Crippen LogP contribution < -0.4 is 0 Å². The van der Waals surface area contributed by atoms with Gasteiger partial charge in [0.1, 0.15) is 0 Å². The molecule has 1 unspecified atom stereocenters. The quantitative estimate of drug-likeness (QED) is 0.836. The van der Waals surface area contributed by atoms with Gasteiger partial charge in [0.15, 0.2) is 11.6 Å². The first kappa shape index (κ1) is 15.9. The molecule has 1 atom stereocenters. The van der Waals surface area contributed by atoms with E-state index in [0.29, 0.717) is 31.6 Å². The Balaban J connectivity index is 1.84. The molecule has 1 aromatic rings. The summed E-state index contributed by atoms with van der Waals surface area (Å²) < 4.78 is 31.5. The van der Waals surface area contributed by atoms with Crippen molar-refractivity contribution in [3.63, 3.8) is 0 Å². The summed E-state index contributed by atoms with van der Waals surface area (Å²) in [6.07, 6.45) is 2.79. The molecule has 0 aromatic heterocycles. The van der Waals surface area contributed by atoms with E-state index in [9.17, 15) is 13.6 Å². The molecule has 1 amide bonds. The summed E-state index contributed by atoms with van der Waals surface area (Å²) in [5, 5.41) is 0. The monoisotopic (exact) mass is 297 g/mol. The summed E-state index contributed by atoms with van der Waals surface area (Å²) in [5.74, 6) is -1.68. The van der Waals surface area contributed by atoms with Crippen LogP contribution in [0.5, 0.6) is 0 Å². The molecule has 1 heterocycles. The second-order valence-electron chi connectivity index (χ2n) is 5.31. The summed E-state index contributed by atoms with van der Waals surface area (Å²) in [7, 11) is 0. The van der Waals surface area contributed by atoms with E-state index < -0.39 is 11.6 Å². The lowest BCUT2D eigenvalue weighted by Crippen LogP contribution is -2.43.